The van der Waals surface area contributed by atoms with Crippen LogP contribution in [0.2, 0.25) is 0 Å². The molecule has 0 aliphatic carbocycles. The normalized spacial score (nSPS) is 10.2. The fourth-order valence-electron chi connectivity index (χ4n) is 1.34. The SMILES string of the molecule is O=C(c1ccc([N+](=O)[O-])[nH]1)N(CCO)CCO. The lowest BCUT2D eigenvalue weighted by atomic mass is 10.3. The Balaban J connectivity index is 2.81. The van der Waals surface area contributed by atoms with E-state index in [0.29, 0.717) is 0 Å². The highest BCUT2D eigenvalue weighted by molar-refractivity contribution is 5.92. The van der Waals surface area contributed by atoms with E-state index in [-0.39, 0.29) is 37.8 Å². The number of H-pyrrole nitrogens is 1. The van der Waals surface area contributed by atoms with Crippen molar-refractivity contribution >= 4 is 11.7 Å². The van der Waals surface area contributed by atoms with Crippen LogP contribution in [0.15, 0.2) is 12.1 Å². The molecule has 1 aromatic rings. The van der Waals surface area contributed by atoms with Gasteiger partial charge in [0.25, 0.3) is 5.91 Å². The molecule has 1 rings (SSSR count). The van der Waals surface area contributed by atoms with Crippen LogP contribution in [0.5, 0.6) is 0 Å². The first-order valence-electron chi connectivity index (χ1n) is 4.94. The molecule has 1 aromatic heterocycles. The molecule has 0 spiro atoms. The number of hydrogen-bond acceptors (Lipinski definition) is 5. The minimum absolute atomic E-state index is 0.0543. The van der Waals surface area contributed by atoms with Gasteiger partial charge in [0.2, 0.25) is 0 Å². The maximum Gasteiger partial charge on any atom is 0.321 e. The lowest BCUT2D eigenvalue weighted by Crippen LogP contribution is -2.36. The number of aromatic amines is 1. The van der Waals surface area contributed by atoms with Gasteiger partial charge in [0.1, 0.15) is 0 Å². The standard InChI is InChI=1S/C9H13N3O5/c13-5-3-11(4-6-14)9(15)7-1-2-8(10-7)12(16)17/h1-2,10,13-14H,3-6H2. The number of carbonyl (C=O) groups is 1. The van der Waals surface area contributed by atoms with Crippen molar-refractivity contribution in [2.24, 2.45) is 0 Å². The van der Waals surface area contributed by atoms with Crippen LogP contribution in [0.4, 0.5) is 5.82 Å². The minimum Gasteiger partial charge on any atom is -0.395 e. The summed E-state index contributed by atoms with van der Waals surface area (Å²) in [5.74, 6) is -0.775. The number of nitrogens with one attached hydrogen (secondary N) is 1. The van der Waals surface area contributed by atoms with Crippen LogP contribution in [0, 0.1) is 10.1 Å². The number of aliphatic hydroxyl groups excluding tert-OH is 2. The van der Waals surface area contributed by atoms with Crippen molar-refractivity contribution in [2.75, 3.05) is 26.3 Å². The summed E-state index contributed by atoms with van der Waals surface area (Å²) in [4.78, 5) is 25.2. The second kappa shape index (κ2) is 5.97. The van der Waals surface area contributed by atoms with Crippen LogP contribution in [-0.4, -0.2) is 57.2 Å². The van der Waals surface area contributed by atoms with Crippen molar-refractivity contribution < 1.29 is 19.9 Å². The summed E-state index contributed by atoms with van der Waals surface area (Å²) in [5, 5.41) is 27.9. The summed E-state index contributed by atoms with van der Waals surface area (Å²) >= 11 is 0. The van der Waals surface area contributed by atoms with E-state index in [1.54, 1.807) is 0 Å². The molecule has 8 nitrogen and oxygen atoms in total. The monoisotopic (exact) mass is 243 g/mol. The van der Waals surface area contributed by atoms with E-state index >= 15 is 0 Å². The van der Waals surface area contributed by atoms with Crippen molar-refractivity contribution in [1.82, 2.24) is 9.88 Å². The third kappa shape index (κ3) is 3.26. The molecule has 94 valence electrons. The van der Waals surface area contributed by atoms with E-state index in [9.17, 15) is 14.9 Å². The average Bonchev–Trinajstić information content (AvgIpc) is 2.77. The fourth-order valence-corrected chi connectivity index (χ4v) is 1.34. The molecule has 0 aromatic carbocycles. The van der Waals surface area contributed by atoms with E-state index in [1.807, 2.05) is 0 Å². The Morgan fingerprint density at radius 1 is 1.35 bits per heavy atom. The Labute approximate surface area is 96.6 Å². The second-order valence-corrected chi connectivity index (χ2v) is 3.25. The smallest absolute Gasteiger partial charge is 0.321 e. The first-order valence-corrected chi connectivity index (χ1v) is 4.94. The predicted octanol–water partition coefficient (Wildman–Crippen LogP) is -0.650. The van der Waals surface area contributed by atoms with Gasteiger partial charge in [-0.15, -0.1) is 0 Å². The Hall–Kier alpha value is -1.93. The molecular formula is C9H13N3O5. The van der Waals surface area contributed by atoms with Gasteiger partial charge in [-0.2, -0.15) is 0 Å². The molecule has 1 heterocycles. The van der Waals surface area contributed by atoms with Crippen molar-refractivity contribution in [3.8, 4) is 0 Å². The van der Waals surface area contributed by atoms with E-state index in [0.717, 1.165) is 0 Å². The zero-order chi connectivity index (χ0) is 12.8. The van der Waals surface area contributed by atoms with Gasteiger partial charge in [0.05, 0.1) is 13.2 Å². The summed E-state index contributed by atoms with van der Waals surface area (Å²) in [5.41, 5.74) is 0.0543. The molecule has 0 aliphatic heterocycles. The molecule has 1 amide bonds. The fraction of sp³-hybridized carbons (Fsp3) is 0.444. The average molecular weight is 243 g/mol. The molecular weight excluding hydrogens is 230 g/mol. The number of carbonyl (C=O) groups excluding carboxylic acids is 1. The summed E-state index contributed by atoms with van der Waals surface area (Å²) < 4.78 is 0. The highest BCUT2D eigenvalue weighted by atomic mass is 16.6. The van der Waals surface area contributed by atoms with Crippen LogP contribution >= 0.6 is 0 Å². The molecule has 0 unspecified atom stereocenters. The molecule has 0 bridgehead atoms. The van der Waals surface area contributed by atoms with Crippen LogP contribution in [0.3, 0.4) is 0 Å². The highest BCUT2D eigenvalue weighted by Crippen LogP contribution is 2.11. The molecule has 0 aliphatic rings. The van der Waals surface area contributed by atoms with Crippen molar-refractivity contribution in [3.63, 3.8) is 0 Å². The van der Waals surface area contributed by atoms with Crippen molar-refractivity contribution in [2.45, 2.75) is 0 Å². The second-order valence-electron chi connectivity index (χ2n) is 3.25. The lowest BCUT2D eigenvalue weighted by Gasteiger charge is -2.18. The van der Waals surface area contributed by atoms with Crippen LogP contribution in [-0.2, 0) is 0 Å². The Bertz CT molecular complexity index is 397. The van der Waals surface area contributed by atoms with Gasteiger partial charge in [0, 0.05) is 19.2 Å². The van der Waals surface area contributed by atoms with E-state index in [2.05, 4.69) is 4.98 Å². The quantitative estimate of drug-likeness (QED) is 0.453. The third-order valence-corrected chi connectivity index (χ3v) is 2.12. The molecule has 0 radical (unpaired) electrons. The first kappa shape index (κ1) is 13.1. The van der Waals surface area contributed by atoms with E-state index in [4.69, 9.17) is 10.2 Å². The van der Waals surface area contributed by atoms with Crippen LogP contribution in [0.25, 0.3) is 0 Å². The number of rotatable bonds is 6. The molecule has 0 saturated heterocycles. The topological polar surface area (TPSA) is 120 Å². The number of aliphatic hydroxyl groups is 2. The predicted molar refractivity (Wildman–Crippen MR) is 57.5 cm³/mol. The molecule has 17 heavy (non-hydrogen) atoms. The Morgan fingerprint density at radius 2 is 1.94 bits per heavy atom. The number of aromatic nitrogens is 1. The lowest BCUT2D eigenvalue weighted by molar-refractivity contribution is -0.389. The maximum atomic E-state index is 11.8. The summed E-state index contributed by atoms with van der Waals surface area (Å²) in [6.07, 6.45) is 0. The van der Waals surface area contributed by atoms with Gasteiger partial charge in [0.15, 0.2) is 5.69 Å². The zero-order valence-electron chi connectivity index (χ0n) is 9.00. The third-order valence-electron chi connectivity index (χ3n) is 2.12. The molecule has 3 N–H and O–H groups in total. The first-order chi connectivity index (χ1) is 8.10. The highest BCUT2D eigenvalue weighted by Gasteiger charge is 2.20. The molecule has 8 heteroatoms. The summed E-state index contributed by atoms with van der Waals surface area (Å²) in [6, 6.07) is 2.48. The Morgan fingerprint density at radius 3 is 2.35 bits per heavy atom. The van der Waals surface area contributed by atoms with Gasteiger partial charge in [-0.3, -0.25) is 4.79 Å². The zero-order valence-corrected chi connectivity index (χ0v) is 9.00. The van der Waals surface area contributed by atoms with E-state index < -0.39 is 10.8 Å². The molecule has 0 atom stereocenters. The van der Waals surface area contributed by atoms with E-state index in [1.165, 1.54) is 17.0 Å². The van der Waals surface area contributed by atoms with Gasteiger partial charge in [-0.25, -0.2) is 4.98 Å². The molecule has 0 fully saturated rings. The summed E-state index contributed by atoms with van der Waals surface area (Å²) in [7, 11) is 0. The van der Waals surface area contributed by atoms with Crippen LogP contribution < -0.4 is 0 Å². The minimum atomic E-state index is -0.640. The largest absolute Gasteiger partial charge is 0.395 e. The molecule has 0 saturated carbocycles. The maximum absolute atomic E-state index is 11.8. The van der Waals surface area contributed by atoms with Gasteiger partial charge >= 0.3 is 5.82 Å². The number of nitro groups is 1. The number of amides is 1. The van der Waals surface area contributed by atoms with Gasteiger partial charge < -0.3 is 25.2 Å². The number of nitrogens with zero attached hydrogens (tertiary/aromatic N) is 2. The van der Waals surface area contributed by atoms with Crippen molar-refractivity contribution in [3.05, 3.63) is 27.9 Å². The van der Waals surface area contributed by atoms with Crippen LogP contribution in [0.1, 0.15) is 10.5 Å². The van der Waals surface area contributed by atoms with Crippen molar-refractivity contribution in [1.29, 1.82) is 0 Å². The van der Waals surface area contributed by atoms with Gasteiger partial charge in [-0.1, -0.05) is 0 Å². The van der Waals surface area contributed by atoms with Gasteiger partial charge in [-0.05, 0) is 11.0 Å². The summed E-state index contributed by atoms with van der Waals surface area (Å²) in [6.45, 7) is -0.360. The number of hydrogen-bond donors (Lipinski definition) is 3. The Kier molecular flexibility index (Phi) is 4.61.